The molecule has 1 heterocycles. The van der Waals surface area contributed by atoms with Gasteiger partial charge in [0.1, 0.15) is 0 Å². The molecule has 2 rings (SSSR count). The molecule has 3 heteroatoms. The zero-order valence-electron chi connectivity index (χ0n) is 9.86. The minimum absolute atomic E-state index is 0.614. The van der Waals surface area contributed by atoms with Crippen LogP contribution in [0, 0.1) is 0 Å². The van der Waals surface area contributed by atoms with Crippen molar-refractivity contribution < 1.29 is 0 Å². The summed E-state index contributed by atoms with van der Waals surface area (Å²) in [5.74, 6) is 1.07. The molecule has 0 amide bonds. The summed E-state index contributed by atoms with van der Waals surface area (Å²) in [6.45, 7) is 3.80. The minimum Gasteiger partial charge on any atom is -0.347 e. The number of rotatable bonds is 4. The highest BCUT2D eigenvalue weighted by Gasteiger charge is 2.07. The van der Waals surface area contributed by atoms with Crippen LogP contribution in [0.2, 0.25) is 0 Å². The van der Waals surface area contributed by atoms with E-state index in [0.29, 0.717) is 6.54 Å². The molecule has 0 spiro atoms. The number of hydrogen-bond acceptors (Lipinski definition) is 2. The molecule has 1 aromatic carbocycles. The van der Waals surface area contributed by atoms with Gasteiger partial charge in [-0.3, -0.25) is 0 Å². The largest absolute Gasteiger partial charge is 0.347 e. The molecule has 0 saturated carbocycles. The average Bonchev–Trinajstić information content (AvgIpc) is 2.67. The van der Waals surface area contributed by atoms with Crippen molar-refractivity contribution in [2.24, 2.45) is 5.73 Å². The average molecular weight is 234 g/mol. The predicted molar refractivity (Wildman–Crippen MR) is 72.7 cm³/mol. The number of fused-ring (bicyclic) bond motifs is 1. The van der Waals surface area contributed by atoms with Crippen LogP contribution < -0.4 is 5.73 Å². The molecule has 0 aliphatic carbocycles. The van der Waals surface area contributed by atoms with Gasteiger partial charge in [-0.15, -0.1) is 0 Å². The van der Waals surface area contributed by atoms with Crippen LogP contribution in [0.15, 0.2) is 24.4 Å². The van der Waals surface area contributed by atoms with Gasteiger partial charge in [0.25, 0.3) is 0 Å². The Morgan fingerprint density at radius 2 is 2.19 bits per heavy atom. The first-order chi connectivity index (χ1) is 7.80. The first kappa shape index (κ1) is 11.6. The zero-order chi connectivity index (χ0) is 11.5. The van der Waals surface area contributed by atoms with Crippen LogP contribution in [0.3, 0.4) is 0 Å². The van der Waals surface area contributed by atoms with Gasteiger partial charge in [-0.05, 0) is 30.4 Å². The quantitative estimate of drug-likeness (QED) is 0.881. The number of nitrogens with two attached hydrogens (primary N) is 1. The van der Waals surface area contributed by atoms with E-state index >= 15 is 0 Å². The van der Waals surface area contributed by atoms with E-state index in [9.17, 15) is 0 Å². The Labute approximate surface area is 101 Å². The van der Waals surface area contributed by atoms with E-state index in [1.165, 1.54) is 22.0 Å². The summed E-state index contributed by atoms with van der Waals surface area (Å²) >= 11 is 1.87. The van der Waals surface area contributed by atoms with Crippen molar-refractivity contribution in [3.8, 4) is 0 Å². The molecule has 0 aliphatic heterocycles. The topological polar surface area (TPSA) is 30.9 Å². The molecule has 2 aromatic rings. The Kier molecular flexibility index (Phi) is 3.56. The first-order valence-electron chi connectivity index (χ1n) is 5.59. The van der Waals surface area contributed by atoms with Crippen LogP contribution in [0.4, 0.5) is 0 Å². The lowest BCUT2D eigenvalue weighted by Gasteiger charge is -2.02. The van der Waals surface area contributed by atoms with Gasteiger partial charge in [0.15, 0.2) is 0 Å². The summed E-state index contributed by atoms with van der Waals surface area (Å²) in [6.07, 6.45) is 4.41. The molecule has 0 fully saturated rings. The van der Waals surface area contributed by atoms with Gasteiger partial charge in [0.05, 0.1) is 0 Å². The molecule has 2 nitrogen and oxygen atoms in total. The smallest absolute Gasteiger partial charge is 0.0486 e. The fourth-order valence-corrected chi connectivity index (χ4v) is 2.61. The molecule has 86 valence electrons. The Balaban J connectivity index is 2.59. The predicted octanol–water partition coefficient (Wildman–Crippen LogP) is 2.98. The maximum atomic E-state index is 5.68. The Morgan fingerprint density at radius 3 is 2.81 bits per heavy atom. The molecule has 0 atom stereocenters. The number of aryl methyl sites for hydroxylation is 1. The van der Waals surface area contributed by atoms with E-state index in [2.05, 4.69) is 42.1 Å². The van der Waals surface area contributed by atoms with Gasteiger partial charge in [-0.2, -0.15) is 11.8 Å². The van der Waals surface area contributed by atoms with Crippen LogP contribution in [0.1, 0.15) is 18.1 Å². The molecule has 16 heavy (non-hydrogen) atoms. The van der Waals surface area contributed by atoms with Crippen molar-refractivity contribution >= 4 is 22.7 Å². The third-order valence-corrected chi connectivity index (χ3v) is 3.51. The lowest BCUT2D eigenvalue weighted by atomic mass is 10.1. The monoisotopic (exact) mass is 234 g/mol. The standard InChI is InChI=1S/C13H18N2S/c1-3-15-8-11(9-16-2)12-5-4-10(7-14)6-13(12)15/h4-6,8H,3,7,9,14H2,1-2H3. The Morgan fingerprint density at radius 1 is 1.38 bits per heavy atom. The molecule has 2 N–H and O–H groups in total. The fourth-order valence-electron chi connectivity index (χ4n) is 2.07. The van der Waals surface area contributed by atoms with E-state index in [1.54, 1.807) is 0 Å². The minimum atomic E-state index is 0.614. The molecule has 0 saturated heterocycles. The molecule has 0 radical (unpaired) electrons. The van der Waals surface area contributed by atoms with Crippen LogP contribution in [-0.2, 0) is 18.8 Å². The Hall–Kier alpha value is -0.930. The van der Waals surface area contributed by atoms with E-state index in [-0.39, 0.29) is 0 Å². The lowest BCUT2D eigenvalue weighted by Crippen LogP contribution is -1.97. The van der Waals surface area contributed by atoms with E-state index in [4.69, 9.17) is 5.73 Å². The van der Waals surface area contributed by atoms with Crippen molar-refractivity contribution in [1.29, 1.82) is 0 Å². The number of aromatic nitrogens is 1. The van der Waals surface area contributed by atoms with Gasteiger partial charge < -0.3 is 10.3 Å². The van der Waals surface area contributed by atoms with Crippen molar-refractivity contribution in [2.45, 2.75) is 25.8 Å². The van der Waals surface area contributed by atoms with Crippen molar-refractivity contribution in [3.63, 3.8) is 0 Å². The highest BCUT2D eigenvalue weighted by molar-refractivity contribution is 7.97. The highest BCUT2D eigenvalue weighted by Crippen LogP contribution is 2.25. The van der Waals surface area contributed by atoms with Crippen molar-refractivity contribution in [2.75, 3.05) is 6.26 Å². The van der Waals surface area contributed by atoms with Crippen LogP contribution in [0.25, 0.3) is 10.9 Å². The van der Waals surface area contributed by atoms with Crippen LogP contribution in [-0.4, -0.2) is 10.8 Å². The molecule has 0 unspecified atom stereocenters. The summed E-state index contributed by atoms with van der Waals surface area (Å²) < 4.78 is 2.31. The van der Waals surface area contributed by atoms with E-state index in [0.717, 1.165) is 12.3 Å². The molecule has 0 bridgehead atoms. The van der Waals surface area contributed by atoms with Gasteiger partial charge in [0, 0.05) is 35.9 Å². The number of benzene rings is 1. The van der Waals surface area contributed by atoms with Gasteiger partial charge in [-0.25, -0.2) is 0 Å². The van der Waals surface area contributed by atoms with Gasteiger partial charge in [-0.1, -0.05) is 12.1 Å². The van der Waals surface area contributed by atoms with Gasteiger partial charge >= 0.3 is 0 Å². The summed E-state index contributed by atoms with van der Waals surface area (Å²) in [5.41, 5.74) is 9.63. The summed E-state index contributed by atoms with van der Waals surface area (Å²) in [7, 11) is 0. The second-order valence-electron chi connectivity index (χ2n) is 3.93. The highest BCUT2D eigenvalue weighted by atomic mass is 32.2. The lowest BCUT2D eigenvalue weighted by molar-refractivity contribution is 0.794. The van der Waals surface area contributed by atoms with Crippen LogP contribution in [0.5, 0.6) is 0 Å². The van der Waals surface area contributed by atoms with Crippen molar-refractivity contribution in [1.82, 2.24) is 4.57 Å². The summed E-state index contributed by atoms with van der Waals surface area (Å²) in [5, 5.41) is 1.37. The Bertz CT molecular complexity index is 488. The summed E-state index contributed by atoms with van der Waals surface area (Å²) in [4.78, 5) is 0. The molecular weight excluding hydrogens is 216 g/mol. The number of hydrogen-bond donors (Lipinski definition) is 1. The van der Waals surface area contributed by atoms with Gasteiger partial charge in [0.2, 0.25) is 0 Å². The summed E-state index contributed by atoms with van der Waals surface area (Å²) in [6, 6.07) is 6.55. The fraction of sp³-hybridized carbons (Fsp3) is 0.385. The van der Waals surface area contributed by atoms with Crippen LogP contribution >= 0.6 is 11.8 Å². The van der Waals surface area contributed by atoms with E-state index in [1.807, 2.05) is 11.8 Å². The number of thioether (sulfide) groups is 1. The SMILES string of the molecule is CCn1cc(CSC)c2ccc(CN)cc21. The zero-order valence-corrected chi connectivity index (χ0v) is 10.7. The second kappa shape index (κ2) is 4.93. The number of nitrogens with zero attached hydrogens (tertiary/aromatic N) is 1. The maximum Gasteiger partial charge on any atom is 0.0486 e. The molecule has 1 aromatic heterocycles. The first-order valence-corrected chi connectivity index (χ1v) is 6.99. The molecule has 0 aliphatic rings. The second-order valence-corrected chi connectivity index (χ2v) is 4.80. The van der Waals surface area contributed by atoms with E-state index < -0.39 is 0 Å². The maximum absolute atomic E-state index is 5.68. The third kappa shape index (κ3) is 1.97. The molecular formula is C13H18N2S. The normalized spacial score (nSPS) is 11.2. The van der Waals surface area contributed by atoms with Crippen molar-refractivity contribution in [3.05, 3.63) is 35.5 Å². The third-order valence-electron chi connectivity index (χ3n) is 2.91.